The number of nitrogens with zero attached hydrogens (tertiary/aromatic N) is 2. The highest BCUT2D eigenvalue weighted by atomic mass is 35.5. The molecule has 0 aliphatic heterocycles. The minimum atomic E-state index is -0.388. The topological polar surface area (TPSA) is 65.8 Å². The van der Waals surface area contributed by atoms with E-state index in [4.69, 9.17) is 28.2 Å². The quantitative estimate of drug-likeness (QED) is 0.635. The Morgan fingerprint density at radius 1 is 1.33 bits per heavy atom. The maximum atomic E-state index is 12.8. The molecule has 1 aromatic heterocycles. The number of rotatable bonds is 5. The monoisotopic (exact) mass is 419 g/mol. The van der Waals surface area contributed by atoms with Gasteiger partial charge in [-0.2, -0.15) is 5.26 Å². The maximum Gasteiger partial charge on any atom is 0.237 e. The normalized spacial score (nSPS) is 14.1. The molecule has 1 amide bonds. The number of hydrogen-bond donors (Lipinski definition) is 1. The van der Waals surface area contributed by atoms with Crippen LogP contribution in [0.2, 0.25) is 10.0 Å². The molecule has 0 saturated carbocycles. The SMILES string of the molecule is CCC(Sc1nc2c(cc1C#N)CCCC2)C(=O)Nc1cc(Cl)ccc1Cl. The first-order valence-corrected chi connectivity index (χ1v) is 10.5. The molecule has 0 saturated heterocycles. The van der Waals surface area contributed by atoms with Gasteiger partial charge in [0.2, 0.25) is 5.91 Å². The second-order valence-electron chi connectivity index (χ2n) is 6.39. The van der Waals surface area contributed by atoms with Crippen LogP contribution in [0.1, 0.15) is 43.0 Å². The molecule has 27 heavy (non-hydrogen) atoms. The highest BCUT2D eigenvalue weighted by Crippen LogP contribution is 2.32. The average Bonchev–Trinajstić information content (AvgIpc) is 2.68. The molecule has 2 aromatic rings. The molecule has 0 radical (unpaired) electrons. The molecule has 4 nitrogen and oxygen atoms in total. The number of aryl methyl sites for hydroxylation is 2. The van der Waals surface area contributed by atoms with Gasteiger partial charge in [0.05, 0.1) is 21.5 Å². The zero-order valence-electron chi connectivity index (χ0n) is 14.9. The van der Waals surface area contributed by atoms with Gasteiger partial charge < -0.3 is 5.32 Å². The Kier molecular flexibility index (Phi) is 6.64. The van der Waals surface area contributed by atoms with E-state index in [1.807, 2.05) is 13.0 Å². The number of fused-ring (bicyclic) bond motifs is 1. The minimum absolute atomic E-state index is 0.185. The molecule has 0 spiro atoms. The fourth-order valence-electron chi connectivity index (χ4n) is 3.05. The second-order valence-corrected chi connectivity index (χ2v) is 8.43. The summed E-state index contributed by atoms with van der Waals surface area (Å²) >= 11 is 13.5. The number of pyridine rings is 1. The Morgan fingerprint density at radius 3 is 2.85 bits per heavy atom. The average molecular weight is 420 g/mol. The van der Waals surface area contributed by atoms with Gasteiger partial charge in [-0.15, -0.1) is 0 Å². The number of carbonyl (C=O) groups excluding carboxylic acids is 1. The van der Waals surface area contributed by atoms with Crippen LogP contribution in [0.4, 0.5) is 5.69 Å². The van der Waals surface area contributed by atoms with E-state index >= 15 is 0 Å². The van der Waals surface area contributed by atoms with Gasteiger partial charge in [-0.3, -0.25) is 4.79 Å². The van der Waals surface area contributed by atoms with E-state index < -0.39 is 0 Å². The highest BCUT2D eigenvalue weighted by molar-refractivity contribution is 8.00. The van der Waals surface area contributed by atoms with Crippen molar-refractivity contribution in [1.82, 2.24) is 4.98 Å². The number of anilines is 1. The van der Waals surface area contributed by atoms with Crippen molar-refractivity contribution < 1.29 is 4.79 Å². The van der Waals surface area contributed by atoms with Crippen LogP contribution in [-0.2, 0) is 17.6 Å². The summed E-state index contributed by atoms with van der Waals surface area (Å²) in [6, 6.07) is 9.10. The first kappa shape index (κ1) is 20.0. The van der Waals surface area contributed by atoms with E-state index in [2.05, 4.69) is 11.4 Å². The Morgan fingerprint density at radius 2 is 2.11 bits per heavy atom. The van der Waals surface area contributed by atoms with Crippen LogP contribution in [0.25, 0.3) is 0 Å². The van der Waals surface area contributed by atoms with Crippen LogP contribution in [0.15, 0.2) is 29.3 Å². The van der Waals surface area contributed by atoms with Crippen molar-refractivity contribution in [2.75, 3.05) is 5.32 Å². The van der Waals surface area contributed by atoms with Crippen molar-refractivity contribution in [2.24, 2.45) is 0 Å². The Bertz CT molecular complexity index is 911. The van der Waals surface area contributed by atoms with Crippen LogP contribution >= 0.6 is 35.0 Å². The third-order valence-electron chi connectivity index (χ3n) is 4.49. The molecule has 0 bridgehead atoms. The Labute approximate surface area is 173 Å². The van der Waals surface area contributed by atoms with Crippen molar-refractivity contribution in [1.29, 1.82) is 5.26 Å². The lowest BCUT2D eigenvalue weighted by molar-refractivity contribution is -0.115. The number of hydrogen-bond acceptors (Lipinski definition) is 4. The number of carbonyl (C=O) groups is 1. The van der Waals surface area contributed by atoms with Gasteiger partial charge >= 0.3 is 0 Å². The molecule has 140 valence electrons. The molecule has 1 unspecified atom stereocenters. The first-order chi connectivity index (χ1) is 13.0. The number of thioether (sulfide) groups is 1. The van der Waals surface area contributed by atoms with Gasteiger partial charge in [0, 0.05) is 10.7 Å². The maximum absolute atomic E-state index is 12.8. The summed E-state index contributed by atoms with van der Waals surface area (Å²) in [6.45, 7) is 1.93. The van der Waals surface area contributed by atoms with Crippen molar-refractivity contribution in [3.8, 4) is 6.07 Å². The van der Waals surface area contributed by atoms with Gasteiger partial charge in [0.15, 0.2) is 0 Å². The number of benzene rings is 1. The van der Waals surface area contributed by atoms with Crippen molar-refractivity contribution in [3.05, 3.63) is 51.1 Å². The summed E-state index contributed by atoms with van der Waals surface area (Å²) in [6.07, 6.45) is 4.73. The molecule has 7 heteroatoms. The summed E-state index contributed by atoms with van der Waals surface area (Å²) < 4.78 is 0. The third kappa shape index (κ3) is 4.76. The zero-order valence-corrected chi connectivity index (χ0v) is 17.2. The predicted octanol–water partition coefficient (Wildman–Crippen LogP) is 5.65. The second kappa shape index (κ2) is 8.97. The van der Waals surface area contributed by atoms with Crippen LogP contribution in [0.3, 0.4) is 0 Å². The lowest BCUT2D eigenvalue weighted by Crippen LogP contribution is -2.25. The molecule has 3 rings (SSSR count). The van der Waals surface area contributed by atoms with Gasteiger partial charge in [0.1, 0.15) is 11.1 Å². The van der Waals surface area contributed by atoms with E-state index in [1.165, 1.54) is 11.8 Å². The van der Waals surface area contributed by atoms with Crippen LogP contribution < -0.4 is 5.32 Å². The summed E-state index contributed by atoms with van der Waals surface area (Å²) in [7, 11) is 0. The summed E-state index contributed by atoms with van der Waals surface area (Å²) in [5.41, 5.74) is 3.22. The number of halogens is 2. The molecule has 1 atom stereocenters. The summed E-state index contributed by atoms with van der Waals surface area (Å²) in [5, 5.41) is 13.5. The fraction of sp³-hybridized carbons (Fsp3) is 0.350. The van der Waals surface area contributed by atoms with Crippen molar-refractivity contribution >= 4 is 46.6 Å². The largest absolute Gasteiger partial charge is 0.324 e. The molecule has 1 heterocycles. The number of amides is 1. The number of aromatic nitrogens is 1. The van der Waals surface area contributed by atoms with Crippen LogP contribution in [0, 0.1) is 11.3 Å². The van der Waals surface area contributed by atoms with E-state index in [9.17, 15) is 10.1 Å². The van der Waals surface area contributed by atoms with Crippen LogP contribution in [-0.4, -0.2) is 16.1 Å². The van der Waals surface area contributed by atoms with Gasteiger partial charge in [-0.05, 0) is 61.9 Å². The summed E-state index contributed by atoms with van der Waals surface area (Å²) in [5.74, 6) is -0.185. The number of nitrogens with one attached hydrogen (secondary N) is 1. The van der Waals surface area contributed by atoms with E-state index in [1.54, 1.807) is 18.2 Å². The minimum Gasteiger partial charge on any atom is -0.324 e. The Balaban J connectivity index is 1.81. The lowest BCUT2D eigenvalue weighted by Gasteiger charge is -2.19. The third-order valence-corrected chi connectivity index (χ3v) is 6.42. The van der Waals surface area contributed by atoms with Crippen molar-refractivity contribution in [2.45, 2.75) is 49.3 Å². The molecule has 1 N–H and O–H groups in total. The zero-order chi connectivity index (χ0) is 19.4. The summed E-state index contributed by atoms with van der Waals surface area (Å²) in [4.78, 5) is 17.5. The molecule has 1 aliphatic carbocycles. The van der Waals surface area contributed by atoms with E-state index in [0.717, 1.165) is 36.9 Å². The molecular weight excluding hydrogens is 401 g/mol. The van der Waals surface area contributed by atoms with Crippen molar-refractivity contribution in [3.63, 3.8) is 0 Å². The standard InChI is InChI=1S/C20H19Cl2N3OS/c1-2-18(19(26)24-17-10-14(21)7-8-15(17)22)27-20-13(11-23)9-12-5-3-4-6-16(12)25-20/h7-10,18H,2-6H2,1H3,(H,24,26). The molecular formula is C20H19Cl2N3OS. The van der Waals surface area contributed by atoms with Gasteiger partial charge in [0.25, 0.3) is 0 Å². The first-order valence-electron chi connectivity index (χ1n) is 8.87. The highest BCUT2D eigenvalue weighted by Gasteiger charge is 2.23. The lowest BCUT2D eigenvalue weighted by atomic mass is 9.95. The van der Waals surface area contributed by atoms with Crippen LogP contribution in [0.5, 0.6) is 0 Å². The van der Waals surface area contributed by atoms with E-state index in [-0.39, 0.29) is 11.2 Å². The number of nitriles is 1. The van der Waals surface area contributed by atoms with Gasteiger partial charge in [-0.25, -0.2) is 4.98 Å². The van der Waals surface area contributed by atoms with E-state index in [0.29, 0.717) is 32.7 Å². The smallest absolute Gasteiger partial charge is 0.237 e. The predicted molar refractivity (Wildman–Crippen MR) is 111 cm³/mol. The van der Waals surface area contributed by atoms with Gasteiger partial charge in [-0.1, -0.05) is 41.9 Å². The molecule has 0 fully saturated rings. The molecule has 1 aromatic carbocycles. The molecule has 1 aliphatic rings. The Hall–Kier alpha value is -1.74. The fourth-order valence-corrected chi connectivity index (χ4v) is 4.38.